The Bertz CT molecular complexity index is 943. The van der Waals surface area contributed by atoms with Gasteiger partial charge >= 0.3 is 5.97 Å². The molecule has 0 aliphatic heterocycles. The number of benzene rings is 1. The lowest BCUT2D eigenvalue weighted by Crippen LogP contribution is -2.01. The van der Waals surface area contributed by atoms with Crippen LogP contribution >= 0.6 is 11.3 Å². The SMILES string of the molecule is N#Cc1cccc(C=CC(=O)OCc2csc(-c3ccccn3)n2)c1. The molecule has 0 aliphatic carbocycles. The topological polar surface area (TPSA) is 75.9 Å². The number of carbonyl (C=O) groups is 1. The van der Waals surface area contributed by atoms with Gasteiger partial charge in [-0.25, -0.2) is 9.78 Å². The normalized spacial score (nSPS) is 10.5. The summed E-state index contributed by atoms with van der Waals surface area (Å²) in [5.74, 6) is -0.463. The van der Waals surface area contributed by atoms with Gasteiger partial charge in [0.2, 0.25) is 0 Å². The molecule has 0 N–H and O–H groups in total. The molecule has 0 amide bonds. The summed E-state index contributed by atoms with van der Waals surface area (Å²) in [4.78, 5) is 20.5. The van der Waals surface area contributed by atoms with Crippen molar-refractivity contribution in [2.45, 2.75) is 6.61 Å². The van der Waals surface area contributed by atoms with E-state index in [1.165, 1.54) is 17.4 Å². The van der Waals surface area contributed by atoms with Crippen LogP contribution in [0.1, 0.15) is 16.8 Å². The molecule has 0 spiro atoms. The lowest BCUT2D eigenvalue weighted by atomic mass is 10.1. The van der Waals surface area contributed by atoms with Crippen molar-refractivity contribution < 1.29 is 9.53 Å². The second kappa shape index (κ2) is 7.99. The second-order valence-corrected chi connectivity index (χ2v) is 5.90. The molecule has 0 radical (unpaired) electrons. The second-order valence-electron chi connectivity index (χ2n) is 5.04. The third-order valence-electron chi connectivity index (χ3n) is 3.23. The van der Waals surface area contributed by atoms with Gasteiger partial charge in [0.25, 0.3) is 0 Å². The summed E-state index contributed by atoms with van der Waals surface area (Å²) in [5, 5.41) is 11.5. The zero-order chi connectivity index (χ0) is 17.5. The first kappa shape index (κ1) is 16.6. The molecule has 0 bridgehead atoms. The molecular weight excluding hydrogens is 334 g/mol. The van der Waals surface area contributed by atoms with E-state index in [9.17, 15) is 4.79 Å². The number of nitrogens with zero attached hydrogens (tertiary/aromatic N) is 3. The first-order chi connectivity index (χ1) is 12.2. The van der Waals surface area contributed by atoms with Gasteiger partial charge in [-0.1, -0.05) is 18.2 Å². The third kappa shape index (κ3) is 4.59. The Kier molecular flexibility index (Phi) is 5.29. The Balaban J connectivity index is 1.57. The van der Waals surface area contributed by atoms with Crippen molar-refractivity contribution in [2.24, 2.45) is 0 Å². The van der Waals surface area contributed by atoms with Crippen molar-refractivity contribution in [3.05, 3.63) is 76.9 Å². The summed E-state index contributed by atoms with van der Waals surface area (Å²) >= 11 is 1.46. The van der Waals surface area contributed by atoms with E-state index in [-0.39, 0.29) is 6.61 Å². The summed E-state index contributed by atoms with van der Waals surface area (Å²) in [6, 6.07) is 14.7. The maximum absolute atomic E-state index is 11.8. The largest absolute Gasteiger partial charge is 0.456 e. The fraction of sp³-hybridized carbons (Fsp3) is 0.0526. The van der Waals surface area contributed by atoms with Crippen molar-refractivity contribution >= 4 is 23.4 Å². The highest BCUT2D eigenvalue weighted by Crippen LogP contribution is 2.21. The average molecular weight is 347 g/mol. The van der Waals surface area contributed by atoms with Gasteiger partial charge in [0.1, 0.15) is 11.6 Å². The van der Waals surface area contributed by atoms with Crippen molar-refractivity contribution in [1.82, 2.24) is 9.97 Å². The van der Waals surface area contributed by atoms with Crippen LogP contribution in [0.3, 0.4) is 0 Å². The lowest BCUT2D eigenvalue weighted by Gasteiger charge is -1.99. The summed E-state index contributed by atoms with van der Waals surface area (Å²) in [7, 11) is 0. The minimum absolute atomic E-state index is 0.102. The van der Waals surface area contributed by atoms with E-state index in [1.807, 2.05) is 29.6 Å². The minimum atomic E-state index is -0.463. The predicted octanol–water partition coefficient (Wildman–Crippen LogP) is 3.83. The van der Waals surface area contributed by atoms with Gasteiger partial charge in [-0.05, 0) is 35.9 Å². The molecule has 6 heteroatoms. The quantitative estimate of drug-likeness (QED) is 0.518. The smallest absolute Gasteiger partial charge is 0.331 e. The molecule has 1 aromatic carbocycles. The number of pyridine rings is 1. The molecule has 3 rings (SSSR count). The molecule has 25 heavy (non-hydrogen) atoms. The molecule has 0 saturated heterocycles. The Morgan fingerprint density at radius 3 is 3.00 bits per heavy atom. The predicted molar refractivity (Wildman–Crippen MR) is 95.3 cm³/mol. The molecule has 0 fully saturated rings. The molecule has 2 heterocycles. The van der Waals surface area contributed by atoms with Gasteiger partial charge in [-0.3, -0.25) is 4.98 Å². The van der Waals surface area contributed by atoms with Crippen LogP contribution in [0.15, 0.2) is 60.1 Å². The Labute approximate surface area is 148 Å². The summed E-state index contributed by atoms with van der Waals surface area (Å²) in [6.07, 6.45) is 4.66. The van der Waals surface area contributed by atoms with E-state index >= 15 is 0 Å². The molecule has 5 nitrogen and oxygen atoms in total. The molecule has 3 aromatic rings. The Morgan fingerprint density at radius 2 is 2.20 bits per heavy atom. The number of esters is 1. The molecule has 122 valence electrons. The van der Waals surface area contributed by atoms with Crippen molar-refractivity contribution in [2.75, 3.05) is 0 Å². The number of rotatable bonds is 5. The molecule has 2 aromatic heterocycles. The van der Waals surface area contributed by atoms with Crippen molar-refractivity contribution in [1.29, 1.82) is 5.26 Å². The van der Waals surface area contributed by atoms with Gasteiger partial charge in [-0.2, -0.15) is 5.26 Å². The van der Waals surface area contributed by atoms with Gasteiger partial charge in [0, 0.05) is 17.7 Å². The van der Waals surface area contributed by atoms with E-state index < -0.39 is 5.97 Å². The number of ether oxygens (including phenoxy) is 1. The fourth-order valence-corrected chi connectivity index (χ4v) is 2.83. The summed E-state index contributed by atoms with van der Waals surface area (Å²) < 4.78 is 5.19. The van der Waals surface area contributed by atoms with Gasteiger partial charge < -0.3 is 4.74 Å². The van der Waals surface area contributed by atoms with Crippen molar-refractivity contribution in [3.8, 4) is 16.8 Å². The van der Waals surface area contributed by atoms with Crippen LogP contribution in [0.4, 0.5) is 0 Å². The van der Waals surface area contributed by atoms with Gasteiger partial charge in [-0.15, -0.1) is 11.3 Å². The number of nitriles is 1. The maximum Gasteiger partial charge on any atom is 0.331 e. The zero-order valence-corrected chi connectivity index (χ0v) is 13.9. The first-order valence-corrected chi connectivity index (χ1v) is 8.33. The van der Waals surface area contributed by atoms with Crippen LogP contribution in [-0.2, 0) is 16.1 Å². The molecule has 0 atom stereocenters. The number of hydrogen-bond donors (Lipinski definition) is 0. The van der Waals surface area contributed by atoms with Gasteiger partial charge in [0.15, 0.2) is 0 Å². The van der Waals surface area contributed by atoms with Gasteiger partial charge in [0.05, 0.1) is 23.0 Å². The van der Waals surface area contributed by atoms with E-state index in [4.69, 9.17) is 10.00 Å². The van der Waals surface area contributed by atoms with Crippen LogP contribution in [0.2, 0.25) is 0 Å². The molecule has 0 unspecified atom stereocenters. The molecule has 0 saturated carbocycles. The third-order valence-corrected chi connectivity index (χ3v) is 4.14. The van der Waals surface area contributed by atoms with E-state index in [1.54, 1.807) is 30.5 Å². The number of carbonyl (C=O) groups excluding carboxylic acids is 1. The van der Waals surface area contributed by atoms with Crippen LogP contribution in [-0.4, -0.2) is 15.9 Å². The molecule has 0 aliphatic rings. The van der Waals surface area contributed by atoms with Crippen LogP contribution in [0.5, 0.6) is 0 Å². The van der Waals surface area contributed by atoms with Crippen molar-refractivity contribution in [3.63, 3.8) is 0 Å². The zero-order valence-electron chi connectivity index (χ0n) is 13.1. The van der Waals surface area contributed by atoms with Crippen LogP contribution in [0, 0.1) is 11.3 Å². The van der Waals surface area contributed by atoms with E-state index in [2.05, 4.69) is 16.0 Å². The average Bonchev–Trinajstić information content (AvgIpc) is 3.15. The Morgan fingerprint density at radius 1 is 1.28 bits per heavy atom. The van der Waals surface area contributed by atoms with Crippen LogP contribution < -0.4 is 0 Å². The standard InChI is InChI=1S/C19H13N3O2S/c20-11-15-5-3-4-14(10-15)7-8-18(23)24-12-16-13-25-19(22-16)17-6-1-2-9-21-17/h1-10,13H,12H2. The lowest BCUT2D eigenvalue weighted by molar-refractivity contribution is -0.139. The first-order valence-electron chi connectivity index (χ1n) is 7.45. The number of hydrogen-bond acceptors (Lipinski definition) is 6. The monoisotopic (exact) mass is 347 g/mol. The van der Waals surface area contributed by atoms with E-state index in [0.29, 0.717) is 11.3 Å². The summed E-state index contributed by atoms with van der Waals surface area (Å²) in [5.41, 5.74) is 2.78. The highest BCUT2D eigenvalue weighted by atomic mass is 32.1. The summed E-state index contributed by atoms with van der Waals surface area (Å²) in [6.45, 7) is 0.102. The minimum Gasteiger partial charge on any atom is -0.456 e. The highest BCUT2D eigenvalue weighted by molar-refractivity contribution is 7.13. The fourth-order valence-electron chi connectivity index (χ4n) is 2.05. The van der Waals surface area contributed by atoms with Crippen LogP contribution in [0.25, 0.3) is 16.8 Å². The maximum atomic E-state index is 11.8. The number of aromatic nitrogens is 2. The molecular formula is C19H13N3O2S. The number of thiazole rings is 1. The van der Waals surface area contributed by atoms with E-state index in [0.717, 1.165) is 16.3 Å². The Hall–Kier alpha value is -3.30. The highest BCUT2D eigenvalue weighted by Gasteiger charge is 2.07.